The summed E-state index contributed by atoms with van der Waals surface area (Å²) in [7, 11) is 1.73. The van der Waals surface area contributed by atoms with Crippen LogP contribution in [-0.2, 0) is 7.05 Å². The zero-order valence-corrected chi connectivity index (χ0v) is 10.0. The lowest BCUT2D eigenvalue weighted by Crippen LogP contribution is -2.33. The Hall–Kier alpha value is -2.17. The number of nitrogens with zero attached hydrogens (tertiary/aromatic N) is 2. The number of aryl methyl sites for hydroxylation is 1. The highest BCUT2D eigenvalue weighted by atomic mass is 16.2. The number of benzene rings is 1. The van der Waals surface area contributed by atoms with Crippen LogP contribution in [0.5, 0.6) is 0 Å². The van der Waals surface area contributed by atoms with Crippen molar-refractivity contribution >= 4 is 16.8 Å². The second-order valence-electron chi connectivity index (χ2n) is 4.57. The molecule has 3 rings (SSSR count). The predicted octanol–water partition coefficient (Wildman–Crippen LogP) is 0.826. The largest absolute Gasteiger partial charge is 0.348 e. The van der Waals surface area contributed by atoms with E-state index in [1.807, 2.05) is 12.1 Å². The van der Waals surface area contributed by atoms with Gasteiger partial charge in [-0.3, -0.25) is 14.3 Å². The molecule has 1 saturated carbocycles. The van der Waals surface area contributed by atoms with Crippen molar-refractivity contribution in [3.8, 4) is 0 Å². The predicted molar refractivity (Wildman–Crippen MR) is 67.5 cm³/mol. The fourth-order valence-corrected chi connectivity index (χ4v) is 1.95. The van der Waals surface area contributed by atoms with Crippen LogP contribution in [-0.4, -0.2) is 21.7 Å². The van der Waals surface area contributed by atoms with Crippen LogP contribution in [0.2, 0.25) is 0 Å². The molecule has 1 heterocycles. The summed E-state index contributed by atoms with van der Waals surface area (Å²) in [5, 5.41) is 7.39. The molecule has 0 atom stereocenters. The van der Waals surface area contributed by atoms with Crippen LogP contribution in [0.3, 0.4) is 0 Å². The first-order valence-corrected chi connectivity index (χ1v) is 5.94. The first-order valence-electron chi connectivity index (χ1n) is 5.94. The first kappa shape index (κ1) is 11.0. The second kappa shape index (κ2) is 3.94. The highest BCUT2D eigenvalue weighted by Gasteiger charge is 2.26. The van der Waals surface area contributed by atoms with Crippen LogP contribution in [0, 0.1) is 0 Å². The molecule has 1 N–H and O–H groups in total. The lowest BCUT2D eigenvalue weighted by atomic mass is 10.2. The molecule has 1 amide bonds. The van der Waals surface area contributed by atoms with Crippen LogP contribution in [0.15, 0.2) is 29.1 Å². The van der Waals surface area contributed by atoms with Crippen molar-refractivity contribution in [1.29, 1.82) is 0 Å². The second-order valence-corrected chi connectivity index (χ2v) is 4.57. The summed E-state index contributed by atoms with van der Waals surface area (Å²) in [4.78, 5) is 24.1. The number of para-hydroxylation sites is 1. The van der Waals surface area contributed by atoms with E-state index < -0.39 is 0 Å². The molecule has 0 unspecified atom stereocenters. The smallest absolute Gasteiger partial charge is 0.276 e. The molecule has 18 heavy (non-hydrogen) atoms. The van der Waals surface area contributed by atoms with Crippen molar-refractivity contribution in [2.45, 2.75) is 18.9 Å². The van der Waals surface area contributed by atoms with Crippen LogP contribution in [0.4, 0.5) is 0 Å². The fourth-order valence-electron chi connectivity index (χ4n) is 1.95. The maximum Gasteiger partial charge on any atom is 0.276 e. The number of fused-ring (bicyclic) bond motifs is 1. The minimum absolute atomic E-state index is 0.0249. The van der Waals surface area contributed by atoms with Gasteiger partial charge in [0.2, 0.25) is 5.43 Å². The van der Waals surface area contributed by atoms with E-state index >= 15 is 0 Å². The molecular formula is C13H13N3O2. The average Bonchev–Trinajstić information content (AvgIpc) is 3.17. The number of aromatic nitrogens is 2. The molecule has 1 aliphatic rings. The van der Waals surface area contributed by atoms with Crippen LogP contribution in [0.25, 0.3) is 10.9 Å². The van der Waals surface area contributed by atoms with E-state index in [-0.39, 0.29) is 23.1 Å². The van der Waals surface area contributed by atoms with E-state index in [9.17, 15) is 9.59 Å². The van der Waals surface area contributed by atoms with Crippen LogP contribution < -0.4 is 10.7 Å². The number of rotatable bonds is 2. The normalized spacial score (nSPS) is 14.7. The number of carbonyl (C=O) groups excluding carboxylic acids is 1. The number of nitrogens with one attached hydrogen (secondary N) is 1. The maximum atomic E-state index is 12.2. The van der Waals surface area contributed by atoms with Gasteiger partial charge in [0.05, 0.1) is 5.52 Å². The van der Waals surface area contributed by atoms with Gasteiger partial charge in [0.15, 0.2) is 5.69 Å². The van der Waals surface area contributed by atoms with Crippen molar-refractivity contribution in [2.75, 3.05) is 0 Å². The third kappa shape index (κ3) is 1.77. The maximum absolute atomic E-state index is 12.2. The van der Waals surface area contributed by atoms with Gasteiger partial charge in [-0.15, -0.1) is 0 Å². The molecule has 2 aromatic rings. The van der Waals surface area contributed by atoms with Gasteiger partial charge in [0, 0.05) is 18.5 Å². The SMILES string of the molecule is Cn1nc(C(=O)NC2CC2)c(=O)c2ccccc21. The number of hydrogen-bond donors (Lipinski definition) is 1. The lowest BCUT2D eigenvalue weighted by molar-refractivity contribution is 0.0943. The average molecular weight is 243 g/mol. The van der Waals surface area contributed by atoms with Crippen molar-refractivity contribution in [3.63, 3.8) is 0 Å². The number of hydrogen-bond acceptors (Lipinski definition) is 3. The standard InChI is InChI=1S/C13H13N3O2/c1-16-10-5-3-2-4-9(10)12(17)11(15-16)13(18)14-8-6-7-8/h2-5,8H,6-7H2,1H3,(H,14,18). The van der Waals surface area contributed by atoms with E-state index in [0.29, 0.717) is 5.39 Å². The van der Waals surface area contributed by atoms with E-state index in [0.717, 1.165) is 18.4 Å². The van der Waals surface area contributed by atoms with Crippen molar-refractivity contribution in [3.05, 3.63) is 40.2 Å². The Morgan fingerprint density at radius 3 is 2.83 bits per heavy atom. The Balaban J connectivity index is 2.14. The van der Waals surface area contributed by atoms with E-state index in [4.69, 9.17) is 0 Å². The van der Waals surface area contributed by atoms with Gasteiger partial charge in [0.1, 0.15) is 0 Å². The van der Waals surface area contributed by atoms with Crippen LogP contribution in [0.1, 0.15) is 23.3 Å². The van der Waals surface area contributed by atoms with Gasteiger partial charge in [-0.05, 0) is 25.0 Å². The topological polar surface area (TPSA) is 64.0 Å². The minimum Gasteiger partial charge on any atom is -0.348 e. The van der Waals surface area contributed by atoms with Gasteiger partial charge in [-0.25, -0.2) is 0 Å². The van der Waals surface area contributed by atoms with Crippen molar-refractivity contribution in [1.82, 2.24) is 15.1 Å². The molecule has 92 valence electrons. The number of carbonyl (C=O) groups is 1. The van der Waals surface area contributed by atoms with Gasteiger partial charge in [0.25, 0.3) is 5.91 Å². The zero-order chi connectivity index (χ0) is 12.7. The third-order valence-electron chi connectivity index (χ3n) is 3.09. The quantitative estimate of drug-likeness (QED) is 0.849. The van der Waals surface area contributed by atoms with E-state index in [1.165, 1.54) is 0 Å². The molecular weight excluding hydrogens is 230 g/mol. The highest BCUT2D eigenvalue weighted by Crippen LogP contribution is 2.19. The molecule has 0 spiro atoms. The summed E-state index contributed by atoms with van der Waals surface area (Å²) in [5.41, 5.74) is 0.399. The van der Waals surface area contributed by atoms with Crippen molar-refractivity contribution < 1.29 is 4.79 Å². The summed E-state index contributed by atoms with van der Waals surface area (Å²) in [6.45, 7) is 0. The van der Waals surface area contributed by atoms with Gasteiger partial charge in [-0.1, -0.05) is 12.1 Å². The molecule has 1 aromatic heterocycles. The molecule has 0 bridgehead atoms. The van der Waals surface area contributed by atoms with Crippen LogP contribution >= 0.6 is 0 Å². The van der Waals surface area contributed by atoms with E-state index in [1.54, 1.807) is 23.9 Å². The Bertz CT molecular complexity index is 686. The lowest BCUT2D eigenvalue weighted by Gasteiger charge is -2.07. The Labute approximate surface area is 103 Å². The van der Waals surface area contributed by atoms with E-state index in [2.05, 4.69) is 10.4 Å². The first-order chi connectivity index (χ1) is 8.66. The number of amides is 1. The minimum atomic E-state index is -0.371. The molecule has 0 saturated heterocycles. The fraction of sp³-hybridized carbons (Fsp3) is 0.308. The molecule has 1 aliphatic carbocycles. The molecule has 1 aromatic carbocycles. The Morgan fingerprint density at radius 2 is 2.11 bits per heavy atom. The summed E-state index contributed by atoms with van der Waals surface area (Å²) in [6.07, 6.45) is 1.97. The molecule has 0 radical (unpaired) electrons. The molecule has 5 heteroatoms. The van der Waals surface area contributed by atoms with Crippen molar-refractivity contribution in [2.24, 2.45) is 7.05 Å². The Morgan fingerprint density at radius 1 is 1.39 bits per heavy atom. The summed E-state index contributed by atoms with van der Waals surface area (Å²) in [5.74, 6) is -0.371. The zero-order valence-electron chi connectivity index (χ0n) is 10.0. The summed E-state index contributed by atoms with van der Waals surface area (Å²) >= 11 is 0. The van der Waals surface area contributed by atoms with Gasteiger partial charge >= 0.3 is 0 Å². The summed E-state index contributed by atoms with van der Waals surface area (Å²) < 4.78 is 1.57. The van der Waals surface area contributed by atoms with Gasteiger partial charge in [-0.2, -0.15) is 5.10 Å². The molecule has 1 fully saturated rings. The molecule has 5 nitrogen and oxygen atoms in total. The molecule has 0 aliphatic heterocycles. The van der Waals surface area contributed by atoms with Gasteiger partial charge < -0.3 is 5.32 Å². The monoisotopic (exact) mass is 243 g/mol. The summed E-state index contributed by atoms with van der Waals surface area (Å²) in [6, 6.07) is 7.37. The Kier molecular flexibility index (Phi) is 2.40. The highest BCUT2D eigenvalue weighted by molar-refractivity contribution is 5.95. The third-order valence-corrected chi connectivity index (χ3v) is 3.09.